The molecular formula is C21H19F3N4O2. The fourth-order valence-corrected chi connectivity index (χ4v) is 3.63. The van der Waals surface area contributed by atoms with Crippen molar-refractivity contribution in [1.82, 2.24) is 14.7 Å². The predicted octanol–water partition coefficient (Wildman–Crippen LogP) is 2.92. The quantitative estimate of drug-likeness (QED) is 0.659. The van der Waals surface area contributed by atoms with E-state index in [0.717, 1.165) is 5.69 Å². The van der Waals surface area contributed by atoms with Crippen molar-refractivity contribution in [1.29, 1.82) is 0 Å². The molecule has 4 rings (SSSR count). The molecule has 1 fully saturated rings. The second kappa shape index (κ2) is 7.81. The maximum Gasteiger partial charge on any atom is 0.408 e. The highest BCUT2D eigenvalue weighted by Gasteiger charge is 2.31. The summed E-state index contributed by atoms with van der Waals surface area (Å²) in [5, 5.41) is 4.12. The first kappa shape index (κ1) is 19.9. The molecule has 6 nitrogen and oxygen atoms in total. The number of anilines is 1. The van der Waals surface area contributed by atoms with Crippen LogP contribution in [0.4, 0.5) is 18.9 Å². The number of para-hydroxylation sites is 1. The van der Waals surface area contributed by atoms with Crippen molar-refractivity contribution >= 4 is 22.4 Å². The van der Waals surface area contributed by atoms with E-state index >= 15 is 0 Å². The lowest BCUT2D eigenvalue weighted by atomic mass is 10.1. The van der Waals surface area contributed by atoms with Crippen molar-refractivity contribution in [2.24, 2.45) is 0 Å². The Balaban J connectivity index is 1.63. The molecule has 1 aliphatic rings. The Morgan fingerprint density at radius 2 is 1.50 bits per heavy atom. The van der Waals surface area contributed by atoms with E-state index in [4.69, 9.17) is 0 Å². The number of aromatic nitrogens is 2. The Kier molecular flexibility index (Phi) is 5.19. The van der Waals surface area contributed by atoms with Crippen molar-refractivity contribution in [2.45, 2.75) is 12.7 Å². The molecule has 0 spiro atoms. The van der Waals surface area contributed by atoms with Gasteiger partial charge in [-0.2, -0.15) is 18.3 Å². The number of fused-ring (bicyclic) bond motifs is 1. The summed E-state index contributed by atoms with van der Waals surface area (Å²) in [5.41, 5.74) is 0.0443. The SMILES string of the molecule is O=C(c1nn(CC(F)(F)F)c(=O)c2ccccc12)N1CCN(c2ccccc2)CC1. The summed E-state index contributed by atoms with van der Waals surface area (Å²) in [4.78, 5) is 29.3. The van der Waals surface area contributed by atoms with Crippen molar-refractivity contribution in [3.63, 3.8) is 0 Å². The molecule has 30 heavy (non-hydrogen) atoms. The summed E-state index contributed by atoms with van der Waals surface area (Å²) >= 11 is 0. The van der Waals surface area contributed by atoms with Crippen LogP contribution in [0.25, 0.3) is 10.8 Å². The molecule has 0 unspecified atom stereocenters. The molecule has 1 aliphatic heterocycles. The van der Waals surface area contributed by atoms with Gasteiger partial charge in [-0.15, -0.1) is 0 Å². The van der Waals surface area contributed by atoms with Gasteiger partial charge in [-0.25, -0.2) is 4.68 Å². The van der Waals surface area contributed by atoms with Gasteiger partial charge in [0.25, 0.3) is 11.5 Å². The van der Waals surface area contributed by atoms with Gasteiger partial charge in [0.2, 0.25) is 0 Å². The number of carbonyl (C=O) groups excluding carboxylic acids is 1. The van der Waals surface area contributed by atoms with Crippen LogP contribution in [-0.2, 0) is 6.54 Å². The van der Waals surface area contributed by atoms with Gasteiger partial charge < -0.3 is 9.80 Å². The Morgan fingerprint density at radius 1 is 0.900 bits per heavy atom. The van der Waals surface area contributed by atoms with Crippen LogP contribution < -0.4 is 10.5 Å². The number of hydrogen-bond acceptors (Lipinski definition) is 4. The molecule has 1 amide bonds. The molecule has 156 valence electrons. The van der Waals surface area contributed by atoms with Crippen LogP contribution >= 0.6 is 0 Å². The lowest BCUT2D eigenvalue weighted by Gasteiger charge is -2.36. The highest BCUT2D eigenvalue weighted by molar-refractivity contribution is 6.04. The summed E-state index contributed by atoms with van der Waals surface area (Å²) in [6.07, 6.45) is -4.62. The molecule has 9 heteroatoms. The summed E-state index contributed by atoms with van der Waals surface area (Å²) in [6, 6.07) is 15.9. The minimum atomic E-state index is -4.62. The number of carbonyl (C=O) groups is 1. The molecule has 0 radical (unpaired) electrons. The molecule has 1 aromatic heterocycles. The average molecular weight is 416 g/mol. The Hall–Kier alpha value is -3.36. The van der Waals surface area contributed by atoms with Crippen molar-refractivity contribution in [3.05, 3.63) is 70.6 Å². The first-order chi connectivity index (χ1) is 14.3. The molecule has 2 heterocycles. The van der Waals surface area contributed by atoms with Gasteiger partial charge in [0.15, 0.2) is 5.69 Å². The third-order valence-electron chi connectivity index (χ3n) is 5.09. The van der Waals surface area contributed by atoms with Gasteiger partial charge in [-0.1, -0.05) is 36.4 Å². The van der Waals surface area contributed by atoms with Crippen LogP contribution in [0.1, 0.15) is 10.5 Å². The lowest BCUT2D eigenvalue weighted by Crippen LogP contribution is -2.49. The number of benzene rings is 2. The van der Waals surface area contributed by atoms with Crippen LogP contribution in [0.2, 0.25) is 0 Å². The molecular weight excluding hydrogens is 397 g/mol. The highest BCUT2D eigenvalue weighted by Crippen LogP contribution is 2.21. The van der Waals surface area contributed by atoms with Crippen molar-refractivity contribution in [3.8, 4) is 0 Å². The minimum absolute atomic E-state index is 0.0445. The van der Waals surface area contributed by atoms with E-state index in [1.807, 2.05) is 30.3 Å². The van der Waals surface area contributed by atoms with Gasteiger partial charge in [0.05, 0.1) is 5.39 Å². The number of piperazine rings is 1. The normalized spacial score (nSPS) is 14.9. The van der Waals surface area contributed by atoms with E-state index in [-0.39, 0.29) is 16.5 Å². The summed E-state index contributed by atoms with van der Waals surface area (Å²) in [7, 11) is 0. The fourth-order valence-electron chi connectivity index (χ4n) is 3.63. The minimum Gasteiger partial charge on any atom is -0.368 e. The van der Waals surface area contributed by atoms with Crippen LogP contribution in [0.5, 0.6) is 0 Å². The molecule has 0 N–H and O–H groups in total. The van der Waals surface area contributed by atoms with Gasteiger partial charge >= 0.3 is 6.18 Å². The molecule has 0 atom stereocenters. The zero-order chi connectivity index (χ0) is 21.3. The fraction of sp³-hybridized carbons (Fsp3) is 0.286. The number of halogens is 3. The summed E-state index contributed by atoms with van der Waals surface area (Å²) in [6.45, 7) is 0.453. The van der Waals surface area contributed by atoms with Gasteiger partial charge in [-0.05, 0) is 18.2 Å². The van der Waals surface area contributed by atoms with E-state index in [1.165, 1.54) is 12.1 Å². The zero-order valence-electron chi connectivity index (χ0n) is 16.0. The number of alkyl halides is 3. The Labute approximate surface area is 170 Å². The van der Waals surface area contributed by atoms with E-state index in [0.29, 0.717) is 30.9 Å². The standard InChI is InChI=1S/C21H19F3N4O2/c22-21(23,24)14-28-19(29)17-9-5-4-8-16(17)18(25-28)20(30)27-12-10-26(11-13-27)15-6-2-1-3-7-15/h1-9H,10-14H2. The number of nitrogens with zero attached hydrogens (tertiary/aromatic N) is 4. The lowest BCUT2D eigenvalue weighted by molar-refractivity contribution is -0.143. The number of amides is 1. The van der Waals surface area contributed by atoms with E-state index < -0.39 is 24.2 Å². The van der Waals surface area contributed by atoms with E-state index in [9.17, 15) is 22.8 Å². The monoisotopic (exact) mass is 416 g/mol. The number of hydrogen-bond donors (Lipinski definition) is 0. The Bertz CT molecular complexity index is 1120. The third-order valence-corrected chi connectivity index (χ3v) is 5.09. The van der Waals surface area contributed by atoms with Crippen LogP contribution in [0.15, 0.2) is 59.4 Å². The molecule has 0 bridgehead atoms. The van der Waals surface area contributed by atoms with Crippen LogP contribution in [0.3, 0.4) is 0 Å². The first-order valence-corrected chi connectivity index (χ1v) is 9.49. The van der Waals surface area contributed by atoms with Gasteiger partial charge in [0.1, 0.15) is 6.54 Å². The smallest absolute Gasteiger partial charge is 0.368 e. The first-order valence-electron chi connectivity index (χ1n) is 9.49. The maximum absolute atomic E-state index is 13.1. The largest absolute Gasteiger partial charge is 0.408 e. The van der Waals surface area contributed by atoms with Crippen LogP contribution in [0, 0.1) is 0 Å². The van der Waals surface area contributed by atoms with E-state index in [2.05, 4.69) is 10.00 Å². The summed E-state index contributed by atoms with van der Waals surface area (Å²) < 4.78 is 39.1. The van der Waals surface area contributed by atoms with Gasteiger partial charge in [0, 0.05) is 37.3 Å². The molecule has 0 aliphatic carbocycles. The second-order valence-electron chi connectivity index (χ2n) is 7.09. The van der Waals surface area contributed by atoms with E-state index in [1.54, 1.807) is 17.0 Å². The Morgan fingerprint density at radius 3 is 2.13 bits per heavy atom. The van der Waals surface area contributed by atoms with Gasteiger partial charge in [-0.3, -0.25) is 9.59 Å². The third kappa shape index (κ3) is 4.00. The maximum atomic E-state index is 13.1. The topological polar surface area (TPSA) is 58.4 Å². The predicted molar refractivity (Wildman–Crippen MR) is 107 cm³/mol. The molecule has 1 saturated heterocycles. The summed E-state index contributed by atoms with van der Waals surface area (Å²) in [5.74, 6) is -0.477. The molecule has 3 aromatic rings. The second-order valence-corrected chi connectivity index (χ2v) is 7.09. The highest BCUT2D eigenvalue weighted by atomic mass is 19.4. The number of rotatable bonds is 3. The average Bonchev–Trinajstić information content (AvgIpc) is 2.75. The molecule has 0 saturated carbocycles. The zero-order valence-corrected chi connectivity index (χ0v) is 16.0. The molecule has 2 aromatic carbocycles. The van der Waals surface area contributed by atoms with Crippen molar-refractivity contribution in [2.75, 3.05) is 31.1 Å². The van der Waals surface area contributed by atoms with Crippen molar-refractivity contribution < 1.29 is 18.0 Å². The van der Waals surface area contributed by atoms with Crippen LogP contribution in [-0.4, -0.2) is 52.9 Å².